The van der Waals surface area contributed by atoms with E-state index in [1.807, 2.05) is 90.3 Å². The van der Waals surface area contributed by atoms with E-state index in [0.29, 0.717) is 10.6 Å². The molecule has 3 aliphatic rings. The van der Waals surface area contributed by atoms with Gasteiger partial charge in [-0.25, -0.2) is 4.99 Å². The number of nitrogens with zero attached hydrogens (tertiary/aromatic N) is 1. The molecule has 0 spiro atoms. The Balaban J connectivity index is 1.24. The van der Waals surface area contributed by atoms with E-state index >= 15 is 0 Å². The van der Waals surface area contributed by atoms with E-state index in [9.17, 15) is 9.59 Å². The highest BCUT2D eigenvalue weighted by Gasteiger charge is 2.23. The first-order valence-electron chi connectivity index (χ1n) is 18.6. The predicted octanol–water partition coefficient (Wildman–Crippen LogP) is 8.71. The quantitative estimate of drug-likeness (QED) is 0.141. The molecular weight excluding hydrogens is 723 g/mol. The molecule has 0 radical (unpaired) electrons. The van der Waals surface area contributed by atoms with Gasteiger partial charge in [0, 0.05) is 61.5 Å². The summed E-state index contributed by atoms with van der Waals surface area (Å²) in [5.74, 6) is -0.176. The first-order chi connectivity index (χ1) is 28.1. The molecule has 8 heteroatoms. The summed E-state index contributed by atoms with van der Waals surface area (Å²) in [6.45, 7) is 0. The highest BCUT2D eigenvalue weighted by Crippen LogP contribution is 2.36. The van der Waals surface area contributed by atoms with E-state index in [4.69, 9.17) is 4.99 Å². The van der Waals surface area contributed by atoms with Gasteiger partial charge in [0.15, 0.2) is 5.78 Å². The first-order valence-corrected chi connectivity index (χ1v) is 19.5. The van der Waals surface area contributed by atoms with Gasteiger partial charge < -0.3 is 20.3 Å². The zero-order chi connectivity index (χ0) is 38.3. The van der Waals surface area contributed by atoms with E-state index < -0.39 is 0 Å². The lowest BCUT2D eigenvalue weighted by Crippen LogP contribution is -2.19. The van der Waals surface area contributed by atoms with Crippen molar-refractivity contribution in [2.24, 2.45) is 4.99 Å². The third kappa shape index (κ3) is 6.44. The highest BCUT2D eigenvalue weighted by atomic mass is 32.1. The standard InChI is InChI=1S/C49H33N5O2S/c55-35-19-15-33(16-20-35)48-42-27-23-38(53-42)45(30-8-3-1-4-9-30)36-21-25-40(51-36)47(32-13-17-34(18-14-32)50-49(56)44-12-7-29-57-44)41-26-22-37(52-41)46(31-10-5-2-6-11-31)39-24-28-43(48)54-39/h1-29,51,53-54H,(H,50,56)/b45-36-,46-37-,47-40-. The number of carbonyl (C=O) groups is 2. The molecule has 7 aromatic rings. The maximum atomic E-state index is 12.9. The summed E-state index contributed by atoms with van der Waals surface area (Å²) in [5.41, 5.74) is 13.7. The molecule has 0 saturated heterocycles. The molecule has 272 valence electrons. The number of thiophene rings is 1. The van der Waals surface area contributed by atoms with Gasteiger partial charge >= 0.3 is 0 Å². The van der Waals surface area contributed by atoms with Crippen molar-refractivity contribution < 1.29 is 9.59 Å². The Kier molecular flexibility index (Phi) is 8.50. The molecule has 8 bridgehead atoms. The molecule has 10 rings (SSSR count). The van der Waals surface area contributed by atoms with Crippen LogP contribution in [-0.4, -0.2) is 32.4 Å². The third-order valence-corrected chi connectivity index (χ3v) is 11.1. The summed E-state index contributed by atoms with van der Waals surface area (Å²) < 4.78 is 0. The monoisotopic (exact) mass is 755 g/mol. The molecule has 7 nitrogen and oxygen atoms in total. The van der Waals surface area contributed by atoms with Crippen LogP contribution in [0.5, 0.6) is 0 Å². The Hall–Kier alpha value is -7.55. The van der Waals surface area contributed by atoms with E-state index in [-0.39, 0.29) is 11.7 Å². The lowest BCUT2D eigenvalue weighted by atomic mass is 9.98. The second kappa shape index (κ2) is 14.3. The molecule has 0 saturated carbocycles. The van der Waals surface area contributed by atoms with Crippen molar-refractivity contribution in [3.63, 3.8) is 0 Å². The number of allylic oxidation sites excluding steroid dienone is 7. The molecule has 4 N–H and O–H groups in total. The number of aromatic amines is 3. The number of rotatable bonds is 5. The maximum absolute atomic E-state index is 12.9. The van der Waals surface area contributed by atoms with Gasteiger partial charge in [0.25, 0.3) is 5.91 Å². The van der Waals surface area contributed by atoms with Crippen LogP contribution in [0.3, 0.4) is 0 Å². The zero-order valence-corrected chi connectivity index (χ0v) is 31.2. The highest BCUT2D eigenvalue weighted by molar-refractivity contribution is 7.12. The number of hydrogen-bond acceptors (Lipinski definition) is 4. The van der Waals surface area contributed by atoms with Crippen molar-refractivity contribution in [2.75, 3.05) is 5.32 Å². The number of hydrogen-bond donors (Lipinski definition) is 4. The summed E-state index contributed by atoms with van der Waals surface area (Å²) in [6, 6.07) is 44.9. The number of nitrogens with one attached hydrogen (secondary N) is 4. The molecule has 0 fully saturated rings. The van der Waals surface area contributed by atoms with Crippen molar-refractivity contribution in [1.82, 2.24) is 15.0 Å². The Bertz CT molecular complexity index is 3020. The summed E-state index contributed by atoms with van der Waals surface area (Å²) in [7, 11) is 0. The van der Waals surface area contributed by atoms with Crippen molar-refractivity contribution in [2.45, 2.75) is 0 Å². The topological polar surface area (TPSA) is 106 Å². The summed E-state index contributed by atoms with van der Waals surface area (Å²) in [4.78, 5) is 42.5. The number of benzene rings is 3. The molecule has 3 aromatic carbocycles. The van der Waals surface area contributed by atoms with Gasteiger partial charge in [0.05, 0.1) is 16.3 Å². The van der Waals surface area contributed by atoms with Crippen LogP contribution in [0.1, 0.15) is 49.1 Å². The van der Waals surface area contributed by atoms with Gasteiger partial charge in [-0.3, -0.25) is 9.59 Å². The van der Waals surface area contributed by atoms with Gasteiger partial charge in [-0.05, 0) is 107 Å². The number of carbonyl (C=O) groups excluding carboxylic acids is 2. The largest absolute Gasteiger partial charge is 0.354 e. The van der Waals surface area contributed by atoms with Crippen molar-refractivity contribution >= 4 is 56.7 Å². The molecule has 0 unspecified atom stereocenters. The van der Waals surface area contributed by atoms with E-state index in [2.05, 4.69) is 93.1 Å². The fourth-order valence-corrected chi connectivity index (χ4v) is 8.27. The minimum atomic E-state index is -0.135. The number of anilines is 1. The molecule has 0 atom stereocenters. The van der Waals surface area contributed by atoms with Crippen molar-refractivity contribution in [3.05, 3.63) is 242 Å². The normalized spacial score (nSPS) is 18.0. The van der Waals surface area contributed by atoms with Crippen LogP contribution in [0, 0.1) is 0 Å². The fourth-order valence-electron chi connectivity index (χ4n) is 7.65. The Morgan fingerprint density at radius 2 is 1.09 bits per heavy atom. The molecule has 4 aromatic heterocycles. The van der Waals surface area contributed by atoms with Crippen LogP contribution in [-0.2, 0) is 4.79 Å². The second-order valence-corrected chi connectivity index (χ2v) is 14.8. The van der Waals surface area contributed by atoms with Crippen LogP contribution in [0.25, 0.3) is 22.3 Å². The minimum absolute atomic E-state index is 0.0417. The molecule has 2 aliphatic heterocycles. The smallest absolute Gasteiger partial charge is 0.265 e. The van der Waals surface area contributed by atoms with Gasteiger partial charge in [-0.15, -0.1) is 11.3 Å². The molecule has 1 aliphatic carbocycles. The lowest BCUT2D eigenvalue weighted by Gasteiger charge is -2.12. The number of aromatic nitrogens is 3. The maximum Gasteiger partial charge on any atom is 0.265 e. The SMILES string of the molecule is O=C1C=CC(=C2c3ccc([nH]3)/C(c3ccccc3)=C3/C=CC(=N3)/C(c3ccc(NC(=O)c4cccs4)cc3)=c3/cc/c([nH]3)=C(\c3ccccc3)c3ccc2[nH]3)C=C1. The molecule has 6 heterocycles. The average molecular weight is 756 g/mol. The zero-order valence-electron chi connectivity index (χ0n) is 30.4. The van der Waals surface area contributed by atoms with Crippen LogP contribution in [0.15, 0.2) is 192 Å². The molecule has 57 heavy (non-hydrogen) atoms. The van der Waals surface area contributed by atoms with Crippen molar-refractivity contribution in [1.29, 1.82) is 0 Å². The Labute approximate surface area is 331 Å². The predicted molar refractivity (Wildman–Crippen MR) is 229 cm³/mol. The number of ketones is 1. The lowest BCUT2D eigenvalue weighted by molar-refractivity contribution is -0.110. The van der Waals surface area contributed by atoms with E-state index in [0.717, 1.165) is 89.4 Å². The minimum Gasteiger partial charge on any atom is -0.354 e. The number of fused-ring (bicyclic) bond motifs is 7. The summed E-state index contributed by atoms with van der Waals surface area (Å²) in [6.07, 6.45) is 11.1. The first kappa shape index (κ1) is 34.0. The summed E-state index contributed by atoms with van der Waals surface area (Å²) in [5, 5.41) is 6.75. The molecular formula is C49H33N5O2S. The fraction of sp³-hybridized carbons (Fsp3) is 0. The van der Waals surface area contributed by atoms with Gasteiger partial charge in [0.1, 0.15) is 0 Å². The van der Waals surface area contributed by atoms with Gasteiger partial charge in [-0.1, -0.05) is 91.0 Å². The number of aliphatic imine (C=N–C) groups is 1. The van der Waals surface area contributed by atoms with Crippen molar-refractivity contribution in [3.8, 4) is 0 Å². The Morgan fingerprint density at radius 1 is 0.509 bits per heavy atom. The van der Waals surface area contributed by atoms with Crippen LogP contribution in [0.2, 0.25) is 0 Å². The molecule has 1 amide bonds. The van der Waals surface area contributed by atoms with Crippen LogP contribution < -0.4 is 16.0 Å². The Morgan fingerprint density at radius 3 is 1.72 bits per heavy atom. The number of H-pyrrole nitrogens is 3. The van der Waals surface area contributed by atoms with Crippen LogP contribution in [0.4, 0.5) is 5.69 Å². The third-order valence-electron chi connectivity index (χ3n) is 10.3. The summed E-state index contributed by atoms with van der Waals surface area (Å²) >= 11 is 1.41. The second-order valence-electron chi connectivity index (χ2n) is 13.8. The van der Waals surface area contributed by atoms with Crippen LogP contribution >= 0.6 is 11.3 Å². The van der Waals surface area contributed by atoms with E-state index in [1.54, 1.807) is 12.2 Å². The van der Waals surface area contributed by atoms with Gasteiger partial charge in [-0.2, -0.15) is 0 Å². The average Bonchev–Trinajstić information content (AvgIpc) is 4.10. The van der Waals surface area contributed by atoms with E-state index in [1.165, 1.54) is 11.3 Å². The number of amides is 1. The van der Waals surface area contributed by atoms with Gasteiger partial charge in [0.2, 0.25) is 0 Å².